The van der Waals surface area contributed by atoms with Crippen LogP contribution >= 0.6 is 11.8 Å². The number of carbonyl (C=O) groups is 2. The lowest BCUT2D eigenvalue weighted by molar-refractivity contribution is -0.136. The zero-order chi connectivity index (χ0) is 22.8. The average molecular weight is 457 g/mol. The molecule has 1 saturated heterocycles. The highest BCUT2D eigenvalue weighted by molar-refractivity contribution is 7.99. The second-order valence-corrected chi connectivity index (χ2v) is 8.40. The fourth-order valence-electron chi connectivity index (χ4n) is 3.70. The lowest BCUT2D eigenvalue weighted by Gasteiger charge is -2.34. The molecule has 4 rings (SSSR count). The highest BCUT2D eigenvalue weighted by Crippen LogP contribution is 2.20. The van der Waals surface area contributed by atoms with Gasteiger partial charge in [-0.2, -0.15) is 4.68 Å². The molecule has 168 valence electrons. The fourth-order valence-corrected chi connectivity index (χ4v) is 4.48. The molecule has 0 spiro atoms. The van der Waals surface area contributed by atoms with Crippen LogP contribution in [0.1, 0.15) is 12.6 Å². The van der Waals surface area contributed by atoms with Crippen molar-refractivity contribution in [2.75, 3.05) is 31.9 Å². The van der Waals surface area contributed by atoms with E-state index < -0.39 is 0 Å². The van der Waals surface area contributed by atoms with Crippen LogP contribution in [0.15, 0.2) is 40.3 Å². The van der Waals surface area contributed by atoms with Crippen LogP contribution in [0.4, 0.5) is 0 Å². The van der Waals surface area contributed by atoms with Crippen molar-refractivity contribution >= 4 is 23.6 Å². The van der Waals surface area contributed by atoms with E-state index in [4.69, 9.17) is 0 Å². The Labute approximate surface area is 188 Å². The van der Waals surface area contributed by atoms with Crippen LogP contribution in [0, 0.1) is 6.92 Å². The first-order chi connectivity index (χ1) is 15.4. The summed E-state index contributed by atoms with van der Waals surface area (Å²) in [5.74, 6) is 0.100. The van der Waals surface area contributed by atoms with Crippen LogP contribution in [0.5, 0.6) is 0 Å². The number of hydrogen-bond donors (Lipinski definition) is 0. The van der Waals surface area contributed by atoms with Gasteiger partial charge in [0.2, 0.25) is 17.0 Å². The van der Waals surface area contributed by atoms with E-state index in [0.29, 0.717) is 42.7 Å². The number of tetrazole rings is 1. The molecule has 0 aliphatic carbocycles. The standard InChI is InChI=1S/C20H24N8O3S/c1-14-18(19(31)28(24(14)3)16-7-5-4-6-8-16)27-20(21-22-23-27)32-13-17(30)26-11-9-25(10-12-26)15(2)29/h4-8H,9-13H2,1-3H3. The maximum atomic E-state index is 13.2. The normalized spacial score (nSPS) is 14.1. The van der Waals surface area contributed by atoms with Crippen molar-refractivity contribution in [3.63, 3.8) is 0 Å². The second kappa shape index (κ2) is 8.99. The predicted molar refractivity (Wildman–Crippen MR) is 118 cm³/mol. The molecule has 1 fully saturated rings. The summed E-state index contributed by atoms with van der Waals surface area (Å²) >= 11 is 1.18. The minimum absolute atomic E-state index is 0.0186. The van der Waals surface area contributed by atoms with E-state index >= 15 is 0 Å². The summed E-state index contributed by atoms with van der Waals surface area (Å²) in [6, 6.07) is 9.32. The molecular weight excluding hydrogens is 432 g/mol. The average Bonchev–Trinajstić information content (AvgIpc) is 3.34. The van der Waals surface area contributed by atoms with Gasteiger partial charge < -0.3 is 9.80 Å². The summed E-state index contributed by atoms with van der Waals surface area (Å²) in [5, 5.41) is 12.1. The number of aromatic nitrogens is 6. The number of para-hydroxylation sites is 1. The molecule has 3 heterocycles. The van der Waals surface area contributed by atoms with Gasteiger partial charge in [-0.3, -0.25) is 19.1 Å². The van der Waals surface area contributed by atoms with Gasteiger partial charge >= 0.3 is 0 Å². The summed E-state index contributed by atoms with van der Waals surface area (Å²) in [4.78, 5) is 40.8. The number of nitrogens with zero attached hydrogens (tertiary/aromatic N) is 8. The predicted octanol–water partition coefficient (Wildman–Crippen LogP) is 0.243. The molecule has 0 unspecified atom stereocenters. The smallest absolute Gasteiger partial charge is 0.297 e. The molecule has 0 radical (unpaired) electrons. The van der Waals surface area contributed by atoms with Crippen LogP contribution in [0.2, 0.25) is 0 Å². The summed E-state index contributed by atoms with van der Waals surface area (Å²) < 4.78 is 4.70. The van der Waals surface area contributed by atoms with E-state index in [1.807, 2.05) is 37.3 Å². The Morgan fingerprint density at radius 3 is 2.38 bits per heavy atom. The molecule has 0 N–H and O–H groups in total. The molecule has 3 aromatic rings. The van der Waals surface area contributed by atoms with E-state index in [9.17, 15) is 14.4 Å². The maximum Gasteiger partial charge on any atom is 0.297 e. The molecule has 11 nitrogen and oxygen atoms in total. The van der Waals surface area contributed by atoms with Crippen molar-refractivity contribution < 1.29 is 9.59 Å². The van der Waals surface area contributed by atoms with Gasteiger partial charge in [0.1, 0.15) is 0 Å². The van der Waals surface area contributed by atoms with E-state index in [2.05, 4.69) is 15.5 Å². The fraction of sp³-hybridized carbons (Fsp3) is 0.400. The number of rotatable bonds is 5. The molecule has 1 aliphatic rings. The third-order valence-electron chi connectivity index (χ3n) is 5.58. The van der Waals surface area contributed by atoms with E-state index in [1.165, 1.54) is 23.4 Å². The van der Waals surface area contributed by atoms with Gasteiger partial charge in [0.15, 0.2) is 5.69 Å². The number of piperazine rings is 1. The van der Waals surface area contributed by atoms with Crippen molar-refractivity contribution in [3.05, 3.63) is 46.4 Å². The van der Waals surface area contributed by atoms with Crippen molar-refractivity contribution in [2.45, 2.75) is 19.0 Å². The molecule has 1 aliphatic heterocycles. The lowest BCUT2D eigenvalue weighted by atomic mass is 10.3. The van der Waals surface area contributed by atoms with Gasteiger partial charge in [0, 0.05) is 40.2 Å². The van der Waals surface area contributed by atoms with Crippen molar-refractivity contribution in [2.24, 2.45) is 7.05 Å². The first kappa shape index (κ1) is 21.8. The second-order valence-electron chi connectivity index (χ2n) is 7.46. The molecular formula is C20H24N8O3S. The molecule has 0 atom stereocenters. The van der Waals surface area contributed by atoms with Crippen molar-refractivity contribution in [1.82, 2.24) is 39.4 Å². The van der Waals surface area contributed by atoms with E-state index in [0.717, 1.165) is 5.69 Å². The van der Waals surface area contributed by atoms with Crippen LogP contribution in [0.25, 0.3) is 11.4 Å². The molecule has 1 aromatic carbocycles. The van der Waals surface area contributed by atoms with E-state index in [1.54, 1.807) is 26.2 Å². The number of thioether (sulfide) groups is 1. The SMILES string of the molecule is CC(=O)N1CCN(C(=O)CSc2nnnn2-c2c(C)n(C)n(-c3ccccc3)c2=O)CC1. The van der Waals surface area contributed by atoms with Crippen molar-refractivity contribution in [1.29, 1.82) is 0 Å². The summed E-state index contributed by atoms with van der Waals surface area (Å²) in [5.41, 5.74) is 1.51. The minimum Gasteiger partial charge on any atom is -0.339 e. The van der Waals surface area contributed by atoms with Gasteiger partial charge in [0.05, 0.1) is 17.1 Å². The summed E-state index contributed by atoms with van der Waals surface area (Å²) in [7, 11) is 1.80. The third-order valence-corrected chi connectivity index (χ3v) is 6.48. The third kappa shape index (κ3) is 4.05. The number of amides is 2. The molecule has 2 aromatic heterocycles. The Balaban J connectivity index is 1.52. The van der Waals surface area contributed by atoms with Crippen LogP contribution in [-0.4, -0.2) is 83.1 Å². The highest BCUT2D eigenvalue weighted by atomic mass is 32.2. The summed E-state index contributed by atoms with van der Waals surface area (Å²) in [6.45, 7) is 5.43. The van der Waals surface area contributed by atoms with Crippen LogP contribution in [0.3, 0.4) is 0 Å². The Kier molecular flexibility index (Phi) is 6.12. The number of hydrogen-bond acceptors (Lipinski definition) is 7. The van der Waals surface area contributed by atoms with Gasteiger partial charge in [-0.15, -0.1) is 5.10 Å². The van der Waals surface area contributed by atoms with Gasteiger partial charge in [0.25, 0.3) is 5.56 Å². The maximum absolute atomic E-state index is 13.2. The molecule has 12 heteroatoms. The topological polar surface area (TPSA) is 111 Å². The first-order valence-electron chi connectivity index (χ1n) is 10.2. The molecule has 0 saturated carbocycles. The largest absolute Gasteiger partial charge is 0.339 e. The van der Waals surface area contributed by atoms with Gasteiger partial charge in [-0.1, -0.05) is 30.0 Å². The zero-order valence-electron chi connectivity index (χ0n) is 18.1. The Morgan fingerprint density at radius 1 is 1.06 bits per heavy atom. The first-order valence-corrected chi connectivity index (χ1v) is 11.2. The van der Waals surface area contributed by atoms with E-state index in [-0.39, 0.29) is 23.1 Å². The Morgan fingerprint density at radius 2 is 1.72 bits per heavy atom. The Bertz CT molecular complexity index is 1190. The van der Waals surface area contributed by atoms with Crippen LogP contribution < -0.4 is 5.56 Å². The van der Waals surface area contributed by atoms with Gasteiger partial charge in [-0.05, 0) is 29.5 Å². The molecule has 2 amide bonds. The summed E-state index contributed by atoms with van der Waals surface area (Å²) in [6.07, 6.45) is 0. The number of carbonyl (C=O) groups excluding carboxylic acids is 2. The van der Waals surface area contributed by atoms with Gasteiger partial charge in [-0.25, -0.2) is 4.68 Å². The van der Waals surface area contributed by atoms with Crippen molar-refractivity contribution in [3.8, 4) is 11.4 Å². The minimum atomic E-state index is -0.253. The lowest BCUT2D eigenvalue weighted by Crippen LogP contribution is -2.50. The quantitative estimate of drug-likeness (QED) is 0.506. The molecule has 0 bridgehead atoms. The Hall–Kier alpha value is -3.41. The highest BCUT2D eigenvalue weighted by Gasteiger charge is 2.25. The molecule has 32 heavy (non-hydrogen) atoms. The number of benzene rings is 1. The monoisotopic (exact) mass is 456 g/mol. The van der Waals surface area contributed by atoms with Crippen LogP contribution in [-0.2, 0) is 16.6 Å². The zero-order valence-corrected chi connectivity index (χ0v) is 18.9.